The van der Waals surface area contributed by atoms with Crippen LogP contribution in [0, 0.1) is 11.8 Å². The van der Waals surface area contributed by atoms with E-state index < -0.39 is 0 Å². The Kier molecular flexibility index (Phi) is 5.51. The lowest BCUT2D eigenvalue weighted by molar-refractivity contribution is -0.137. The van der Waals surface area contributed by atoms with E-state index in [0.29, 0.717) is 24.7 Å². The Morgan fingerprint density at radius 2 is 1.96 bits per heavy atom. The van der Waals surface area contributed by atoms with E-state index in [4.69, 9.17) is 0 Å². The van der Waals surface area contributed by atoms with Crippen LogP contribution in [-0.2, 0) is 9.59 Å². The molecule has 2 amide bonds. The van der Waals surface area contributed by atoms with Crippen LogP contribution >= 0.6 is 0 Å². The summed E-state index contributed by atoms with van der Waals surface area (Å²) in [4.78, 5) is 24.6. The molecule has 0 aromatic heterocycles. The third-order valence-corrected chi connectivity index (χ3v) is 5.56. The van der Waals surface area contributed by atoms with Crippen molar-refractivity contribution in [1.29, 1.82) is 0 Å². The van der Waals surface area contributed by atoms with E-state index in [9.17, 15) is 9.59 Å². The minimum Gasteiger partial charge on any atom is -0.351 e. The predicted molar refractivity (Wildman–Crippen MR) is 98.0 cm³/mol. The molecule has 2 aliphatic rings. The van der Waals surface area contributed by atoms with Crippen LogP contribution in [0.3, 0.4) is 0 Å². The maximum absolute atomic E-state index is 12.4. The molecule has 5 heteroatoms. The quantitative estimate of drug-likeness (QED) is 0.915. The molecule has 0 radical (unpaired) electrons. The third-order valence-electron chi connectivity index (χ3n) is 5.56. The van der Waals surface area contributed by atoms with E-state index in [1.54, 1.807) is 0 Å². The zero-order valence-corrected chi connectivity index (χ0v) is 15.1. The Balaban J connectivity index is 1.64. The van der Waals surface area contributed by atoms with E-state index >= 15 is 0 Å². The van der Waals surface area contributed by atoms with Crippen molar-refractivity contribution < 1.29 is 9.59 Å². The summed E-state index contributed by atoms with van der Waals surface area (Å²) in [5.74, 6) is 0.897. The molecular formula is C20H27N3O2. The fraction of sp³-hybridized carbons (Fsp3) is 0.550. The molecule has 0 saturated heterocycles. The van der Waals surface area contributed by atoms with Crippen molar-refractivity contribution in [3.8, 4) is 0 Å². The van der Waals surface area contributed by atoms with Crippen molar-refractivity contribution in [2.75, 3.05) is 6.54 Å². The monoisotopic (exact) mass is 341 g/mol. The highest BCUT2D eigenvalue weighted by atomic mass is 16.2. The van der Waals surface area contributed by atoms with Gasteiger partial charge in [-0.2, -0.15) is 5.10 Å². The molecule has 3 atom stereocenters. The van der Waals surface area contributed by atoms with Crippen LogP contribution < -0.4 is 5.32 Å². The topological polar surface area (TPSA) is 61.8 Å². The van der Waals surface area contributed by atoms with Gasteiger partial charge in [-0.25, -0.2) is 5.01 Å². The second kappa shape index (κ2) is 7.81. The predicted octanol–water partition coefficient (Wildman–Crippen LogP) is 2.95. The van der Waals surface area contributed by atoms with Crippen molar-refractivity contribution in [1.82, 2.24) is 10.3 Å². The average Bonchev–Trinajstić information content (AvgIpc) is 2.61. The lowest BCUT2D eigenvalue weighted by Crippen LogP contribution is -2.48. The minimum atomic E-state index is -0.114. The zero-order valence-electron chi connectivity index (χ0n) is 15.1. The standard InChI is InChI=1S/C20H27N3O2/c1-14-7-6-10-17(15(14)2)21-19(24)13-23-20(25)12-11-18(22-23)16-8-4-3-5-9-16/h3-5,8-9,14-15,17H,6-7,10-13H2,1-2H3,(H,21,24). The molecule has 1 N–H and O–H groups in total. The second-order valence-electron chi connectivity index (χ2n) is 7.31. The number of hydrogen-bond donors (Lipinski definition) is 1. The Labute approximate surface area is 149 Å². The van der Waals surface area contributed by atoms with Gasteiger partial charge < -0.3 is 5.32 Å². The number of carbonyl (C=O) groups excluding carboxylic acids is 2. The number of hydrazone groups is 1. The molecule has 5 nitrogen and oxygen atoms in total. The number of nitrogens with zero attached hydrogens (tertiary/aromatic N) is 2. The number of rotatable bonds is 4. The Morgan fingerprint density at radius 1 is 1.20 bits per heavy atom. The highest BCUT2D eigenvalue weighted by Crippen LogP contribution is 2.29. The van der Waals surface area contributed by atoms with E-state index in [0.717, 1.165) is 24.1 Å². The van der Waals surface area contributed by atoms with Gasteiger partial charge in [-0.1, -0.05) is 57.0 Å². The summed E-state index contributed by atoms with van der Waals surface area (Å²) >= 11 is 0. The molecule has 25 heavy (non-hydrogen) atoms. The van der Waals surface area contributed by atoms with Gasteiger partial charge in [0.1, 0.15) is 6.54 Å². The molecule has 1 saturated carbocycles. The summed E-state index contributed by atoms with van der Waals surface area (Å²) in [6, 6.07) is 10.0. The van der Waals surface area contributed by atoms with Crippen LogP contribution in [0.5, 0.6) is 0 Å². The van der Waals surface area contributed by atoms with Crippen LogP contribution in [-0.4, -0.2) is 35.1 Å². The van der Waals surface area contributed by atoms with Crippen LogP contribution in [0.4, 0.5) is 0 Å². The Morgan fingerprint density at radius 3 is 2.72 bits per heavy atom. The van der Waals surface area contributed by atoms with Crippen molar-refractivity contribution in [3.63, 3.8) is 0 Å². The molecule has 1 aliphatic heterocycles. The molecule has 1 aliphatic carbocycles. The highest BCUT2D eigenvalue weighted by Gasteiger charge is 2.29. The number of carbonyl (C=O) groups is 2. The summed E-state index contributed by atoms with van der Waals surface area (Å²) in [5.41, 5.74) is 1.88. The highest BCUT2D eigenvalue weighted by molar-refractivity contribution is 6.04. The summed E-state index contributed by atoms with van der Waals surface area (Å²) in [7, 11) is 0. The van der Waals surface area contributed by atoms with E-state index in [1.165, 1.54) is 11.4 Å². The van der Waals surface area contributed by atoms with Crippen LogP contribution in [0.1, 0.15) is 51.5 Å². The van der Waals surface area contributed by atoms with Gasteiger partial charge in [0.05, 0.1) is 5.71 Å². The molecule has 1 fully saturated rings. The molecular weight excluding hydrogens is 314 g/mol. The third kappa shape index (κ3) is 4.27. The van der Waals surface area contributed by atoms with Crippen molar-refractivity contribution in [3.05, 3.63) is 35.9 Å². The molecule has 0 spiro atoms. The molecule has 3 rings (SSSR count). The largest absolute Gasteiger partial charge is 0.351 e. The molecule has 1 aromatic rings. The normalized spacial score (nSPS) is 27.0. The van der Waals surface area contributed by atoms with E-state index in [-0.39, 0.29) is 24.4 Å². The molecule has 1 heterocycles. The van der Waals surface area contributed by atoms with Crippen molar-refractivity contribution in [2.45, 2.75) is 52.0 Å². The zero-order chi connectivity index (χ0) is 17.8. The first-order valence-corrected chi connectivity index (χ1v) is 9.27. The fourth-order valence-electron chi connectivity index (χ4n) is 3.74. The van der Waals surface area contributed by atoms with Gasteiger partial charge in [0.15, 0.2) is 0 Å². The molecule has 0 bridgehead atoms. The number of nitrogens with one attached hydrogen (secondary N) is 1. The summed E-state index contributed by atoms with van der Waals surface area (Å²) in [6.07, 6.45) is 4.41. The van der Waals surface area contributed by atoms with Gasteiger partial charge in [0, 0.05) is 18.9 Å². The van der Waals surface area contributed by atoms with Crippen molar-refractivity contribution >= 4 is 17.5 Å². The van der Waals surface area contributed by atoms with Gasteiger partial charge in [-0.3, -0.25) is 9.59 Å². The summed E-state index contributed by atoms with van der Waals surface area (Å²) < 4.78 is 0. The van der Waals surface area contributed by atoms with Crippen LogP contribution in [0.2, 0.25) is 0 Å². The van der Waals surface area contributed by atoms with Gasteiger partial charge >= 0.3 is 0 Å². The van der Waals surface area contributed by atoms with Crippen LogP contribution in [0.25, 0.3) is 0 Å². The lowest BCUT2D eigenvalue weighted by Gasteiger charge is -2.35. The molecule has 1 aromatic carbocycles. The smallest absolute Gasteiger partial charge is 0.243 e. The maximum Gasteiger partial charge on any atom is 0.243 e. The lowest BCUT2D eigenvalue weighted by atomic mass is 9.78. The second-order valence-corrected chi connectivity index (χ2v) is 7.31. The Bertz CT molecular complexity index is 656. The Hall–Kier alpha value is -2.17. The average molecular weight is 341 g/mol. The van der Waals surface area contributed by atoms with E-state index in [2.05, 4.69) is 24.3 Å². The first kappa shape index (κ1) is 17.6. The fourth-order valence-corrected chi connectivity index (χ4v) is 3.74. The minimum absolute atomic E-state index is 0.00671. The van der Waals surface area contributed by atoms with Gasteiger partial charge in [0.25, 0.3) is 0 Å². The summed E-state index contributed by atoms with van der Waals surface area (Å²) in [6.45, 7) is 4.45. The molecule has 3 unspecified atom stereocenters. The number of amides is 2. The number of benzene rings is 1. The van der Waals surface area contributed by atoms with E-state index in [1.807, 2.05) is 30.3 Å². The van der Waals surface area contributed by atoms with Crippen LogP contribution in [0.15, 0.2) is 35.4 Å². The van der Waals surface area contributed by atoms with Gasteiger partial charge in [0.2, 0.25) is 11.8 Å². The number of hydrogen-bond acceptors (Lipinski definition) is 3. The molecule has 134 valence electrons. The van der Waals surface area contributed by atoms with Gasteiger partial charge in [-0.15, -0.1) is 0 Å². The SMILES string of the molecule is CC1CCCC(NC(=O)CN2N=C(c3ccccc3)CCC2=O)C1C. The van der Waals surface area contributed by atoms with Gasteiger partial charge in [-0.05, 0) is 23.8 Å². The summed E-state index contributed by atoms with van der Waals surface area (Å²) in [5, 5.41) is 8.89. The van der Waals surface area contributed by atoms with Crippen molar-refractivity contribution in [2.24, 2.45) is 16.9 Å². The first-order valence-electron chi connectivity index (χ1n) is 9.27. The first-order chi connectivity index (χ1) is 12.0. The maximum atomic E-state index is 12.4.